The van der Waals surface area contributed by atoms with Crippen molar-refractivity contribution in [3.05, 3.63) is 48.0 Å². The van der Waals surface area contributed by atoms with Gasteiger partial charge in [0.1, 0.15) is 0 Å². The van der Waals surface area contributed by atoms with Gasteiger partial charge in [0.2, 0.25) is 0 Å². The van der Waals surface area contributed by atoms with Crippen LogP contribution in [0, 0.1) is 5.92 Å². The van der Waals surface area contributed by atoms with Crippen LogP contribution >= 0.6 is 0 Å². The molecule has 1 amide bonds. The highest BCUT2D eigenvalue weighted by atomic mass is 16.3. The lowest BCUT2D eigenvalue weighted by molar-refractivity contribution is 0.0250. The van der Waals surface area contributed by atoms with Gasteiger partial charge in [-0.1, -0.05) is 43.3 Å². The van der Waals surface area contributed by atoms with Gasteiger partial charge in [-0.05, 0) is 29.2 Å². The number of rotatable bonds is 1. The van der Waals surface area contributed by atoms with Gasteiger partial charge >= 0.3 is 0 Å². The third-order valence-electron chi connectivity index (χ3n) is 4.23. The molecule has 3 rings (SSSR count). The van der Waals surface area contributed by atoms with Gasteiger partial charge < -0.3 is 10.0 Å². The number of β-amino-alcohol motifs (C(OH)–C–C–N with tert-alkyl or cyclic N) is 1. The van der Waals surface area contributed by atoms with E-state index < -0.39 is 6.10 Å². The third-order valence-corrected chi connectivity index (χ3v) is 4.23. The van der Waals surface area contributed by atoms with E-state index in [4.69, 9.17) is 0 Å². The molecule has 0 radical (unpaired) electrons. The van der Waals surface area contributed by atoms with Crippen molar-refractivity contribution in [1.29, 1.82) is 0 Å². The Balaban J connectivity index is 1.93. The van der Waals surface area contributed by atoms with Crippen LogP contribution in [0.4, 0.5) is 0 Å². The number of hydrogen-bond donors (Lipinski definition) is 1. The molecule has 2 aromatic carbocycles. The van der Waals surface area contributed by atoms with Crippen molar-refractivity contribution in [3.8, 4) is 0 Å². The second-order valence-corrected chi connectivity index (χ2v) is 5.61. The van der Waals surface area contributed by atoms with Gasteiger partial charge in [0.25, 0.3) is 5.91 Å². The van der Waals surface area contributed by atoms with E-state index in [0.29, 0.717) is 6.54 Å². The zero-order chi connectivity index (χ0) is 14.1. The van der Waals surface area contributed by atoms with Crippen LogP contribution in [0.3, 0.4) is 0 Å². The summed E-state index contributed by atoms with van der Waals surface area (Å²) in [4.78, 5) is 14.5. The van der Waals surface area contributed by atoms with E-state index in [1.54, 1.807) is 4.90 Å². The monoisotopic (exact) mass is 269 g/mol. The van der Waals surface area contributed by atoms with E-state index in [1.807, 2.05) is 49.4 Å². The minimum Gasteiger partial charge on any atom is -0.391 e. The van der Waals surface area contributed by atoms with Crippen molar-refractivity contribution in [3.63, 3.8) is 0 Å². The van der Waals surface area contributed by atoms with Crippen molar-refractivity contribution in [2.24, 2.45) is 5.92 Å². The maximum Gasteiger partial charge on any atom is 0.254 e. The highest BCUT2D eigenvalue weighted by Gasteiger charge is 2.28. The second kappa shape index (κ2) is 5.25. The van der Waals surface area contributed by atoms with Crippen molar-refractivity contribution >= 4 is 16.7 Å². The molecule has 3 nitrogen and oxygen atoms in total. The third kappa shape index (κ3) is 2.29. The number of fused-ring (bicyclic) bond motifs is 1. The number of carbonyl (C=O) groups is 1. The maximum atomic E-state index is 12.7. The normalized spacial score (nSPS) is 23.0. The summed E-state index contributed by atoms with van der Waals surface area (Å²) in [6.45, 7) is 3.19. The number of aliphatic hydroxyl groups excluding tert-OH is 1. The van der Waals surface area contributed by atoms with Crippen molar-refractivity contribution in [2.75, 3.05) is 13.1 Å². The van der Waals surface area contributed by atoms with Gasteiger partial charge in [-0.25, -0.2) is 0 Å². The molecule has 1 fully saturated rings. The predicted molar refractivity (Wildman–Crippen MR) is 79.6 cm³/mol. The molecule has 20 heavy (non-hydrogen) atoms. The Bertz CT molecular complexity index is 632. The summed E-state index contributed by atoms with van der Waals surface area (Å²) < 4.78 is 0. The fourth-order valence-electron chi connectivity index (χ4n) is 2.82. The summed E-state index contributed by atoms with van der Waals surface area (Å²) in [5.74, 6) is 0.291. The first-order valence-electron chi connectivity index (χ1n) is 7.12. The summed E-state index contributed by atoms with van der Waals surface area (Å²) in [7, 11) is 0. The van der Waals surface area contributed by atoms with Crippen molar-refractivity contribution in [2.45, 2.75) is 19.4 Å². The number of hydrogen-bond acceptors (Lipinski definition) is 2. The molecule has 3 heteroatoms. The van der Waals surface area contributed by atoms with Crippen LogP contribution < -0.4 is 0 Å². The zero-order valence-electron chi connectivity index (χ0n) is 11.6. The molecule has 1 aliphatic heterocycles. The molecular weight excluding hydrogens is 250 g/mol. The predicted octanol–water partition coefficient (Wildman–Crippen LogP) is 2.68. The average molecular weight is 269 g/mol. The van der Waals surface area contributed by atoms with Gasteiger partial charge in [-0.15, -0.1) is 0 Å². The summed E-state index contributed by atoms with van der Waals surface area (Å²) in [5, 5.41) is 12.0. The molecule has 0 aliphatic carbocycles. The minimum atomic E-state index is -0.414. The lowest BCUT2D eigenvalue weighted by atomic mass is 9.95. The van der Waals surface area contributed by atoms with Gasteiger partial charge in [0, 0.05) is 18.7 Å². The first-order chi connectivity index (χ1) is 9.66. The number of aliphatic hydroxyl groups is 1. The molecule has 2 unspecified atom stereocenters. The molecule has 0 bridgehead atoms. The number of benzene rings is 2. The Morgan fingerprint density at radius 1 is 1.20 bits per heavy atom. The largest absolute Gasteiger partial charge is 0.391 e. The van der Waals surface area contributed by atoms with E-state index in [-0.39, 0.29) is 11.8 Å². The Morgan fingerprint density at radius 2 is 1.95 bits per heavy atom. The van der Waals surface area contributed by atoms with Crippen LogP contribution in [-0.4, -0.2) is 35.1 Å². The Hall–Kier alpha value is -1.87. The molecule has 1 N–H and O–H groups in total. The van der Waals surface area contributed by atoms with Gasteiger partial charge in [-0.2, -0.15) is 0 Å². The Labute approximate surface area is 118 Å². The van der Waals surface area contributed by atoms with Crippen LogP contribution in [0.25, 0.3) is 10.8 Å². The van der Waals surface area contributed by atoms with Crippen LogP contribution in [0.1, 0.15) is 23.7 Å². The number of likely N-dealkylation sites (tertiary alicyclic amines) is 1. The molecule has 0 aromatic heterocycles. The Morgan fingerprint density at radius 3 is 2.75 bits per heavy atom. The summed E-state index contributed by atoms with van der Waals surface area (Å²) in [6.07, 6.45) is 0.445. The first-order valence-corrected chi connectivity index (χ1v) is 7.12. The molecular formula is C17H19NO2. The van der Waals surface area contributed by atoms with E-state index in [9.17, 15) is 9.90 Å². The summed E-state index contributed by atoms with van der Waals surface area (Å²) >= 11 is 0. The topological polar surface area (TPSA) is 40.5 Å². The highest BCUT2D eigenvalue weighted by molar-refractivity contribution is 6.07. The van der Waals surface area contributed by atoms with Crippen LogP contribution in [0.2, 0.25) is 0 Å². The van der Waals surface area contributed by atoms with E-state index >= 15 is 0 Å². The molecule has 1 saturated heterocycles. The average Bonchev–Trinajstić information content (AvgIpc) is 2.49. The van der Waals surface area contributed by atoms with Crippen LogP contribution in [0.5, 0.6) is 0 Å². The zero-order valence-corrected chi connectivity index (χ0v) is 11.6. The lowest BCUT2D eigenvalue weighted by Gasteiger charge is -2.34. The summed E-state index contributed by atoms with van der Waals surface area (Å²) in [5.41, 5.74) is 0.727. The van der Waals surface area contributed by atoms with Crippen molar-refractivity contribution < 1.29 is 9.90 Å². The number of nitrogens with zero attached hydrogens (tertiary/aromatic N) is 1. The lowest BCUT2D eigenvalue weighted by Crippen LogP contribution is -2.45. The van der Waals surface area contributed by atoms with E-state index in [0.717, 1.165) is 29.3 Å². The van der Waals surface area contributed by atoms with Gasteiger partial charge in [0.05, 0.1) is 6.10 Å². The molecule has 1 aliphatic rings. The highest BCUT2D eigenvalue weighted by Crippen LogP contribution is 2.23. The SMILES string of the molecule is CC1CCN(C(=O)c2cccc3ccccc23)CC1O. The molecule has 2 aromatic rings. The molecule has 0 spiro atoms. The second-order valence-electron chi connectivity index (χ2n) is 5.61. The van der Waals surface area contributed by atoms with Gasteiger partial charge in [0.15, 0.2) is 0 Å². The summed E-state index contributed by atoms with van der Waals surface area (Å²) in [6, 6.07) is 13.7. The molecule has 1 heterocycles. The smallest absolute Gasteiger partial charge is 0.254 e. The molecule has 0 saturated carbocycles. The van der Waals surface area contributed by atoms with Gasteiger partial charge in [-0.3, -0.25) is 4.79 Å². The van der Waals surface area contributed by atoms with Crippen LogP contribution in [-0.2, 0) is 0 Å². The Kier molecular flexibility index (Phi) is 3.45. The van der Waals surface area contributed by atoms with Crippen LogP contribution in [0.15, 0.2) is 42.5 Å². The number of amides is 1. The molecule has 104 valence electrons. The van der Waals surface area contributed by atoms with E-state index in [1.165, 1.54) is 0 Å². The number of piperidine rings is 1. The maximum absolute atomic E-state index is 12.7. The standard InChI is InChI=1S/C17H19NO2/c1-12-9-10-18(11-16(12)19)17(20)15-8-4-6-13-5-2-3-7-14(13)15/h2-8,12,16,19H,9-11H2,1H3. The first kappa shape index (κ1) is 13.1. The quantitative estimate of drug-likeness (QED) is 0.864. The fraction of sp³-hybridized carbons (Fsp3) is 0.353. The fourth-order valence-corrected chi connectivity index (χ4v) is 2.82. The number of carbonyl (C=O) groups excluding carboxylic acids is 1. The minimum absolute atomic E-state index is 0.0211. The van der Waals surface area contributed by atoms with E-state index in [2.05, 4.69) is 0 Å². The van der Waals surface area contributed by atoms with Crippen molar-refractivity contribution in [1.82, 2.24) is 4.90 Å². The molecule has 2 atom stereocenters.